The molecule has 0 saturated carbocycles. The van der Waals surface area contributed by atoms with Crippen LogP contribution in [0.1, 0.15) is 0 Å². The molecule has 0 aromatic heterocycles. The average Bonchev–Trinajstić information content (AvgIpc) is 1.95. The highest BCUT2D eigenvalue weighted by atomic mass is 127. The molecular weight excluding hydrogens is 307 g/mol. The summed E-state index contributed by atoms with van der Waals surface area (Å²) in [6.45, 7) is 0. The zero-order valence-corrected chi connectivity index (χ0v) is 8.63. The lowest BCUT2D eigenvalue weighted by molar-refractivity contribution is 1.45. The summed E-state index contributed by atoms with van der Waals surface area (Å²) in [5, 5.41) is 8.35. The third kappa shape index (κ3) is 1.67. The van der Waals surface area contributed by atoms with Crippen LogP contribution in [0.4, 0.5) is 5.69 Å². The first-order valence-electron chi connectivity index (χ1n) is 2.54. The van der Waals surface area contributed by atoms with E-state index < -0.39 is 0 Å². The molecule has 1 aromatic carbocycles. The largest absolute Gasteiger partial charge is 0.386 e. The van der Waals surface area contributed by atoms with Crippen LogP contribution >= 0.6 is 38.5 Å². The second-order valence-electron chi connectivity index (χ2n) is 1.70. The topological polar surface area (TPSA) is 28.1 Å². The standard InChI is InChI=1S/C6H3BrIN2/c7-5-3-4(10-9)1-2-6(5)8/h1-3H/q+1. The number of halogens is 2. The third-order valence-corrected chi connectivity index (χ3v) is 3.36. The molecule has 0 bridgehead atoms. The van der Waals surface area contributed by atoms with Crippen LogP contribution in [0.3, 0.4) is 0 Å². The number of benzene rings is 1. The maximum absolute atomic E-state index is 8.35. The minimum atomic E-state index is 0.562. The van der Waals surface area contributed by atoms with Crippen LogP contribution in [0.2, 0.25) is 0 Å². The van der Waals surface area contributed by atoms with E-state index in [0.717, 1.165) is 8.04 Å². The molecule has 50 valence electrons. The summed E-state index contributed by atoms with van der Waals surface area (Å²) in [5.41, 5.74) is 0.562. The van der Waals surface area contributed by atoms with Crippen molar-refractivity contribution < 1.29 is 0 Å². The van der Waals surface area contributed by atoms with Crippen molar-refractivity contribution in [3.05, 3.63) is 31.2 Å². The second-order valence-corrected chi connectivity index (χ2v) is 3.71. The van der Waals surface area contributed by atoms with E-state index in [9.17, 15) is 0 Å². The molecule has 0 heterocycles. The molecule has 0 fully saturated rings. The smallest absolute Gasteiger partial charge is 0.0494 e. The first-order valence-corrected chi connectivity index (χ1v) is 4.41. The molecule has 10 heavy (non-hydrogen) atoms. The van der Waals surface area contributed by atoms with Crippen LogP contribution in [-0.4, -0.2) is 0 Å². The van der Waals surface area contributed by atoms with E-state index in [1.807, 2.05) is 6.07 Å². The molecule has 0 radical (unpaired) electrons. The van der Waals surface area contributed by atoms with Gasteiger partial charge in [-0.25, -0.2) is 0 Å². The van der Waals surface area contributed by atoms with Crippen LogP contribution in [0.5, 0.6) is 0 Å². The number of rotatable bonds is 0. The number of diazo groups is 1. The Bertz CT molecular complexity index is 292. The molecule has 2 nitrogen and oxygen atoms in total. The van der Waals surface area contributed by atoms with E-state index in [-0.39, 0.29) is 0 Å². The molecule has 1 aromatic rings. The highest BCUT2D eigenvalue weighted by Gasteiger charge is 2.05. The highest BCUT2D eigenvalue weighted by Crippen LogP contribution is 2.24. The van der Waals surface area contributed by atoms with Crippen molar-refractivity contribution in [3.8, 4) is 0 Å². The SMILES string of the molecule is N#[N+]c1ccc(I)c(Br)c1. The molecule has 0 aliphatic heterocycles. The van der Waals surface area contributed by atoms with E-state index in [0.29, 0.717) is 5.69 Å². The Morgan fingerprint density at radius 3 is 2.70 bits per heavy atom. The fraction of sp³-hybridized carbons (Fsp3) is 0. The first kappa shape index (κ1) is 7.95. The molecule has 4 heteroatoms. The zero-order valence-electron chi connectivity index (χ0n) is 4.88. The van der Waals surface area contributed by atoms with Gasteiger partial charge in [-0.15, -0.1) is 0 Å². The molecule has 1 rings (SSSR count). The monoisotopic (exact) mass is 309 g/mol. The molecule has 0 atom stereocenters. The van der Waals surface area contributed by atoms with Gasteiger partial charge in [-0.1, -0.05) is 0 Å². The molecule has 0 aliphatic rings. The lowest BCUT2D eigenvalue weighted by Gasteiger charge is -1.88. The van der Waals surface area contributed by atoms with E-state index >= 15 is 0 Å². The fourth-order valence-electron chi connectivity index (χ4n) is 0.547. The molecule has 0 saturated heterocycles. The average molecular weight is 310 g/mol. The van der Waals surface area contributed by atoms with Crippen molar-refractivity contribution in [2.24, 2.45) is 0 Å². The Morgan fingerprint density at radius 2 is 2.20 bits per heavy atom. The molecule has 0 aliphatic carbocycles. The van der Waals surface area contributed by atoms with Gasteiger partial charge in [0.1, 0.15) is 0 Å². The summed E-state index contributed by atoms with van der Waals surface area (Å²) in [6.07, 6.45) is 0. The number of hydrogen-bond donors (Lipinski definition) is 0. The zero-order chi connectivity index (χ0) is 7.56. The summed E-state index contributed by atoms with van der Waals surface area (Å²) in [6, 6.07) is 5.37. The quantitative estimate of drug-likeness (QED) is 0.532. The van der Waals surface area contributed by atoms with Crippen LogP contribution in [0.15, 0.2) is 22.7 Å². The van der Waals surface area contributed by atoms with Crippen molar-refractivity contribution in [3.63, 3.8) is 0 Å². The maximum atomic E-state index is 8.35. The van der Waals surface area contributed by atoms with Crippen molar-refractivity contribution in [2.75, 3.05) is 0 Å². The molecule has 0 spiro atoms. The van der Waals surface area contributed by atoms with Crippen LogP contribution in [0.25, 0.3) is 4.98 Å². The Balaban J connectivity index is 3.20. The predicted octanol–water partition coefficient (Wildman–Crippen LogP) is 3.54. The number of hydrogen-bond acceptors (Lipinski definition) is 1. The Morgan fingerprint density at radius 1 is 1.50 bits per heavy atom. The molecule has 0 unspecified atom stereocenters. The molecule has 0 amide bonds. The van der Waals surface area contributed by atoms with Crippen LogP contribution in [-0.2, 0) is 0 Å². The van der Waals surface area contributed by atoms with Gasteiger partial charge in [0.15, 0.2) is 4.98 Å². The first-order chi connectivity index (χ1) is 4.74. The van der Waals surface area contributed by atoms with Crippen molar-refractivity contribution in [1.29, 1.82) is 5.39 Å². The van der Waals surface area contributed by atoms with Gasteiger partial charge in [0.25, 0.3) is 0 Å². The van der Waals surface area contributed by atoms with Crippen molar-refractivity contribution >= 4 is 44.2 Å². The van der Waals surface area contributed by atoms with Gasteiger partial charge in [0.05, 0.1) is 0 Å². The lowest BCUT2D eigenvalue weighted by Crippen LogP contribution is -1.70. The second kappa shape index (κ2) is 3.30. The van der Waals surface area contributed by atoms with Gasteiger partial charge in [-0.3, -0.25) is 0 Å². The van der Waals surface area contributed by atoms with Gasteiger partial charge >= 0.3 is 5.69 Å². The lowest BCUT2D eigenvalue weighted by atomic mass is 10.3. The summed E-state index contributed by atoms with van der Waals surface area (Å²) in [7, 11) is 0. The molecule has 0 N–H and O–H groups in total. The minimum Gasteiger partial charge on any atom is -0.0494 e. The predicted molar refractivity (Wildman–Crippen MR) is 51.6 cm³/mol. The summed E-state index contributed by atoms with van der Waals surface area (Å²) in [5.74, 6) is 0. The van der Waals surface area contributed by atoms with Gasteiger partial charge in [0.2, 0.25) is 5.39 Å². The summed E-state index contributed by atoms with van der Waals surface area (Å²) >= 11 is 5.50. The van der Waals surface area contributed by atoms with Crippen LogP contribution in [0, 0.1) is 8.96 Å². The van der Waals surface area contributed by atoms with E-state index in [1.54, 1.807) is 12.1 Å². The molecular formula is C6H3BrIN2+. The van der Waals surface area contributed by atoms with Crippen molar-refractivity contribution in [2.45, 2.75) is 0 Å². The van der Waals surface area contributed by atoms with Gasteiger partial charge in [0, 0.05) is 20.2 Å². The van der Waals surface area contributed by atoms with Crippen LogP contribution < -0.4 is 0 Å². The maximum Gasteiger partial charge on any atom is 0.386 e. The Labute approximate surface area is 80.5 Å². The number of nitrogens with zero attached hydrogens (tertiary/aromatic N) is 2. The highest BCUT2D eigenvalue weighted by molar-refractivity contribution is 14.1. The van der Waals surface area contributed by atoms with Gasteiger partial charge in [-0.05, 0) is 44.6 Å². The Hall–Kier alpha value is -0.150. The fourth-order valence-corrected chi connectivity index (χ4v) is 1.25. The Kier molecular flexibility index (Phi) is 2.63. The van der Waals surface area contributed by atoms with Gasteiger partial charge in [-0.2, -0.15) is 0 Å². The van der Waals surface area contributed by atoms with Gasteiger partial charge < -0.3 is 0 Å². The van der Waals surface area contributed by atoms with E-state index in [4.69, 9.17) is 5.39 Å². The van der Waals surface area contributed by atoms with E-state index in [1.165, 1.54) is 0 Å². The van der Waals surface area contributed by atoms with E-state index in [2.05, 4.69) is 43.5 Å². The normalized spacial score (nSPS) is 8.90. The summed E-state index contributed by atoms with van der Waals surface area (Å²) in [4.78, 5) is 3.04. The van der Waals surface area contributed by atoms with Crippen molar-refractivity contribution in [1.82, 2.24) is 0 Å². The minimum absolute atomic E-state index is 0.562. The third-order valence-electron chi connectivity index (χ3n) is 1.02. The summed E-state index contributed by atoms with van der Waals surface area (Å²) < 4.78 is 2.05.